The highest BCUT2D eigenvalue weighted by Gasteiger charge is 2.41. The van der Waals surface area contributed by atoms with E-state index in [9.17, 15) is 8.42 Å². The number of hydrogen-bond acceptors (Lipinski definition) is 4. The van der Waals surface area contributed by atoms with Crippen LogP contribution in [-0.4, -0.2) is 30.8 Å². The van der Waals surface area contributed by atoms with Crippen molar-refractivity contribution in [3.8, 4) is 0 Å². The summed E-state index contributed by atoms with van der Waals surface area (Å²) in [6, 6.07) is 3.21. The van der Waals surface area contributed by atoms with E-state index in [2.05, 4.69) is 18.8 Å². The van der Waals surface area contributed by atoms with Gasteiger partial charge in [0.2, 0.25) is 0 Å². The van der Waals surface area contributed by atoms with Crippen LogP contribution >= 0.6 is 0 Å². The molecule has 0 saturated carbocycles. The maximum absolute atomic E-state index is 12.6. The van der Waals surface area contributed by atoms with E-state index in [1.807, 2.05) is 0 Å². The Labute approximate surface area is 114 Å². The number of rotatable bonds is 4. The molecular formula is C13H21N3O2S. The average Bonchev–Trinajstić information content (AvgIpc) is 2.85. The van der Waals surface area contributed by atoms with Crippen LogP contribution in [0.4, 0.5) is 5.69 Å². The number of aromatic nitrogens is 1. The zero-order valence-electron chi connectivity index (χ0n) is 11.5. The fourth-order valence-corrected chi connectivity index (χ4v) is 4.25. The molecule has 0 aromatic carbocycles. The number of pyridine rings is 1. The molecule has 0 amide bonds. The van der Waals surface area contributed by atoms with Crippen molar-refractivity contribution >= 4 is 15.7 Å². The number of nitrogens with two attached hydrogens (primary N) is 1. The lowest BCUT2D eigenvalue weighted by Gasteiger charge is -2.26. The molecule has 0 atom stereocenters. The summed E-state index contributed by atoms with van der Waals surface area (Å²) in [7, 11) is -3.56. The molecule has 1 aromatic heterocycles. The summed E-state index contributed by atoms with van der Waals surface area (Å²) < 4.78 is 26.6. The van der Waals surface area contributed by atoms with E-state index >= 15 is 0 Å². The van der Waals surface area contributed by atoms with E-state index in [-0.39, 0.29) is 16.1 Å². The standard InChI is InChI=1S/C13H21N3O2S/c1-3-13(4-2)7-9-16(10-13)19(17,18)12-11(14)6-5-8-15-12/h5-6,8H,3-4,7,9-10,14H2,1-2H3. The first-order valence-electron chi connectivity index (χ1n) is 6.66. The minimum atomic E-state index is -3.56. The molecule has 0 radical (unpaired) electrons. The Hall–Kier alpha value is -1.14. The van der Waals surface area contributed by atoms with Gasteiger partial charge in [-0.2, -0.15) is 4.31 Å². The second-order valence-electron chi connectivity index (χ2n) is 5.19. The van der Waals surface area contributed by atoms with Gasteiger partial charge in [0.1, 0.15) is 0 Å². The largest absolute Gasteiger partial charge is 0.396 e. The van der Waals surface area contributed by atoms with E-state index in [0.717, 1.165) is 19.3 Å². The van der Waals surface area contributed by atoms with Crippen molar-refractivity contribution in [3.63, 3.8) is 0 Å². The first-order valence-corrected chi connectivity index (χ1v) is 8.10. The van der Waals surface area contributed by atoms with Crippen LogP contribution in [0.25, 0.3) is 0 Å². The van der Waals surface area contributed by atoms with Crippen LogP contribution in [0, 0.1) is 5.41 Å². The molecule has 2 rings (SSSR count). The second-order valence-corrected chi connectivity index (χ2v) is 7.05. The SMILES string of the molecule is CCC1(CC)CCN(S(=O)(=O)c2ncccc2N)C1. The quantitative estimate of drug-likeness (QED) is 0.915. The minimum absolute atomic E-state index is 0.0157. The molecule has 0 spiro atoms. The smallest absolute Gasteiger partial charge is 0.262 e. The molecule has 0 unspecified atom stereocenters. The third-order valence-corrected chi connectivity index (χ3v) is 6.11. The molecule has 0 bridgehead atoms. The number of hydrogen-bond donors (Lipinski definition) is 1. The Morgan fingerprint density at radius 2 is 2.11 bits per heavy atom. The van der Waals surface area contributed by atoms with Crippen molar-refractivity contribution in [2.45, 2.75) is 38.1 Å². The third kappa shape index (κ3) is 2.47. The lowest BCUT2D eigenvalue weighted by molar-refractivity contribution is 0.279. The van der Waals surface area contributed by atoms with Crippen LogP contribution in [0.15, 0.2) is 23.4 Å². The van der Waals surface area contributed by atoms with Crippen LogP contribution in [-0.2, 0) is 10.0 Å². The maximum atomic E-state index is 12.6. The zero-order valence-corrected chi connectivity index (χ0v) is 12.3. The van der Waals surface area contributed by atoms with Gasteiger partial charge in [-0.15, -0.1) is 0 Å². The van der Waals surface area contributed by atoms with Crippen LogP contribution in [0.2, 0.25) is 0 Å². The molecule has 106 valence electrons. The first-order chi connectivity index (χ1) is 8.95. The van der Waals surface area contributed by atoms with Gasteiger partial charge >= 0.3 is 0 Å². The van der Waals surface area contributed by atoms with E-state index in [1.54, 1.807) is 12.1 Å². The maximum Gasteiger partial charge on any atom is 0.262 e. The van der Waals surface area contributed by atoms with Crippen LogP contribution in [0.1, 0.15) is 33.1 Å². The molecule has 19 heavy (non-hydrogen) atoms. The van der Waals surface area contributed by atoms with Gasteiger partial charge in [-0.25, -0.2) is 13.4 Å². The summed E-state index contributed by atoms with van der Waals surface area (Å²) >= 11 is 0. The predicted molar refractivity (Wildman–Crippen MR) is 75.0 cm³/mol. The fourth-order valence-electron chi connectivity index (χ4n) is 2.67. The lowest BCUT2D eigenvalue weighted by atomic mass is 9.82. The van der Waals surface area contributed by atoms with Gasteiger partial charge in [0.15, 0.2) is 5.03 Å². The molecule has 1 saturated heterocycles. The average molecular weight is 283 g/mol. The molecule has 2 heterocycles. The topological polar surface area (TPSA) is 76.3 Å². The highest BCUT2D eigenvalue weighted by molar-refractivity contribution is 7.89. The zero-order chi connectivity index (χ0) is 14.1. The van der Waals surface area contributed by atoms with Crippen molar-refractivity contribution in [1.29, 1.82) is 0 Å². The molecule has 2 N–H and O–H groups in total. The Balaban J connectivity index is 2.31. The highest BCUT2D eigenvalue weighted by Crippen LogP contribution is 2.39. The van der Waals surface area contributed by atoms with Crippen LogP contribution < -0.4 is 5.73 Å². The van der Waals surface area contributed by atoms with Gasteiger partial charge in [-0.05, 0) is 36.8 Å². The Kier molecular flexibility index (Phi) is 3.82. The molecule has 1 fully saturated rings. The summed E-state index contributed by atoms with van der Waals surface area (Å²) in [6.45, 7) is 5.36. The summed E-state index contributed by atoms with van der Waals surface area (Å²) in [4.78, 5) is 3.94. The van der Waals surface area contributed by atoms with Crippen molar-refractivity contribution in [3.05, 3.63) is 18.3 Å². The summed E-state index contributed by atoms with van der Waals surface area (Å²) in [5, 5.41) is -0.0157. The molecule has 1 aliphatic heterocycles. The Morgan fingerprint density at radius 3 is 2.63 bits per heavy atom. The van der Waals surface area contributed by atoms with Crippen molar-refractivity contribution < 1.29 is 8.42 Å². The van der Waals surface area contributed by atoms with Gasteiger partial charge in [0.25, 0.3) is 10.0 Å². The molecule has 1 aromatic rings. The van der Waals surface area contributed by atoms with E-state index in [0.29, 0.717) is 13.1 Å². The van der Waals surface area contributed by atoms with Gasteiger partial charge < -0.3 is 5.73 Å². The van der Waals surface area contributed by atoms with Gasteiger partial charge in [0, 0.05) is 19.3 Å². The molecule has 6 heteroatoms. The summed E-state index contributed by atoms with van der Waals surface area (Å²) in [5.74, 6) is 0. The Morgan fingerprint density at radius 1 is 1.42 bits per heavy atom. The predicted octanol–water partition coefficient (Wildman–Crippen LogP) is 1.86. The number of nitrogen functional groups attached to an aromatic ring is 1. The van der Waals surface area contributed by atoms with Crippen molar-refractivity contribution in [2.75, 3.05) is 18.8 Å². The molecule has 0 aliphatic carbocycles. The van der Waals surface area contributed by atoms with Crippen molar-refractivity contribution in [1.82, 2.24) is 9.29 Å². The first kappa shape index (κ1) is 14.3. The third-order valence-electron chi connectivity index (χ3n) is 4.29. The van der Waals surface area contributed by atoms with E-state index in [1.165, 1.54) is 10.5 Å². The van der Waals surface area contributed by atoms with Gasteiger partial charge in [-0.3, -0.25) is 0 Å². The van der Waals surface area contributed by atoms with Gasteiger partial charge in [0.05, 0.1) is 5.69 Å². The molecule has 1 aliphatic rings. The van der Waals surface area contributed by atoms with E-state index < -0.39 is 10.0 Å². The fraction of sp³-hybridized carbons (Fsp3) is 0.615. The monoisotopic (exact) mass is 283 g/mol. The number of nitrogens with zero attached hydrogens (tertiary/aromatic N) is 2. The molecular weight excluding hydrogens is 262 g/mol. The minimum Gasteiger partial charge on any atom is -0.396 e. The molecule has 5 nitrogen and oxygen atoms in total. The highest BCUT2D eigenvalue weighted by atomic mass is 32.2. The second kappa shape index (κ2) is 5.09. The van der Waals surface area contributed by atoms with E-state index in [4.69, 9.17) is 5.73 Å². The number of anilines is 1. The number of sulfonamides is 1. The van der Waals surface area contributed by atoms with Crippen molar-refractivity contribution in [2.24, 2.45) is 5.41 Å². The Bertz CT molecular complexity index is 553. The lowest BCUT2D eigenvalue weighted by Crippen LogP contribution is -2.32. The normalized spacial score (nSPS) is 19.7. The van der Waals surface area contributed by atoms with Crippen LogP contribution in [0.3, 0.4) is 0 Å². The van der Waals surface area contributed by atoms with Crippen LogP contribution in [0.5, 0.6) is 0 Å². The summed E-state index contributed by atoms with van der Waals surface area (Å²) in [5.41, 5.74) is 6.06. The summed E-state index contributed by atoms with van der Waals surface area (Å²) in [6.07, 6.45) is 4.36. The van der Waals surface area contributed by atoms with Gasteiger partial charge in [-0.1, -0.05) is 13.8 Å².